The molecule has 2 N–H and O–H groups in total. The number of nitrogens with two attached hydrogens (primary N) is 1. The Morgan fingerprint density at radius 2 is 1.75 bits per heavy atom. The second kappa shape index (κ2) is 5.13. The number of nitrogens with zero attached hydrogens (tertiary/aromatic N) is 1. The Balaban J connectivity index is 1.75. The highest BCUT2D eigenvalue weighted by atomic mass is 19.1. The van der Waals surface area contributed by atoms with Crippen LogP contribution in [-0.2, 0) is 0 Å². The van der Waals surface area contributed by atoms with Crippen LogP contribution in [0.1, 0.15) is 29.6 Å². The van der Waals surface area contributed by atoms with Gasteiger partial charge in [0.15, 0.2) is 0 Å². The van der Waals surface area contributed by atoms with E-state index >= 15 is 0 Å². The van der Waals surface area contributed by atoms with E-state index in [1.54, 1.807) is 4.90 Å². The summed E-state index contributed by atoms with van der Waals surface area (Å²) in [5.74, 6) is -0.802. The highest BCUT2D eigenvalue weighted by Gasteiger charge is 2.38. The number of carbonyl (C=O) groups is 1. The van der Waals surface area contributed by atoms with Crippen molar-refractivity contribution in [3.63, 3.8) is 0 Å². The molecule has 1 saturated heterocycles. The fraction of sp³-hybridized carbons (Fsp3) is 0.533. The summed E-state index contributed by atoms with van der Waals surface area (Å²) in [5, 5.41) is 0. The smallest absolute Gasteiger partial charge is 0.254 e. The normalized spacial score (nSPS) is 29.4. The zero-order valence-corrected chi connectivity index (χ0v) is 11.2. The molecule has 1 aromatic carbocycles. The lowest BCUT2D eigenvalue weighted by molar-refractivity contribution is 0.0783. The van der Waals surface area contributed by atoms with Crippen LogP contribution >= 0.6 is 0 Å². The molecule has 20 heavy (non-hydrogen) atoms. The average molecular weight is 280 g/mol. The van der Waals surface area contributed by atoms with Crippen LogP contribution in [-0.4, -0.2) is 29.9 Å². The van der Waals surface area contributed by atoms with Crippen molar-refractivity contribution in [1.29, 1.82) is 0 Å². The zero-order chi connectivity index (χ0) is 14.3. The Morgan fingerprint density at radius 3 is 2.45 bits per heavy atom. The quantitative estimate of drug-likeness (QED) is 0.857. The van der Waals surface area contributed by atoms with Crippen LogP contribution in [0.25, 0.3) is 0 Å². The van der Waals surface area contributed by atoms with Crippen LogP contribution in [0, 0.1) is 23.5 Å². The molecule has 3 nitrogen and oxygen atoms in total. The van der Waals surface area contributed by atoms with Gasteiger partial charge in [-0.3, -0.25) is 4.79 Å². The summed E-state index contributed by atoms with van der Waals surface area (Å²) < 4.78 is 26.4. The summed E-state index contributed by atoms with van der Waals surface area (Å²) in [6.45, 7) is 1.32. The van der Waals surface area contributed by atoms with Gasteiger partial charge in [-0.05, 0) is 43.2 Å². The zero-order valence-electron chi connectivity index (χ0n) is 11.2. The number of amides is 1. The molecule has 3 rings (SSSR count). The maximum Gasteiger partial charge on any atom is 0.254 e. The van der Waals surface area contributed by atoms with Gasteiger partial charge < -0.3 is 10.6 Å². The molecule has 1 aliphatic heterocycles. The van der Waals surface area contributed by atoms with E-state index < -0.39 is 11.6 Å². The number of hydrogen-bond donors (Lipinski definition) is 1. The monoisotopic (exact) mass is 280 g/mol. The molecule has 1 unspecified atom stereocenters. The molecule has 0 aromatic heterocycles. The standard InChI is InChI=1S/C15H18F2N2O/c16-12-3-10(4-13(17)6-12)15(20)19-7-9-1-2-14(18)5-11(9)8-19/h3-4,6,9,11,14H,1-2,5,7-8,18H2/t9-,11+,14?/m1/s1. The molecule has 5 heteroatoms. The van der Waals surface area contributed by atoms with Crippen molar-refractivity contribution in [3.8, 4) is 0 Å². The minimum absolute atomic E-state index is 0.0884. The van der Waals surface area contributed by atoms with Crippen LogP contribution in [0.5, 0.6) is 0 Å². The summed E-state index contributed by atoms with van der Waals surface area (Å²) in [7, 11) is 0. The van der Waals surface area contributed by atoms with E-state index in [0.29, 0.717) is 24.9 Å². The van der Waals surface area contributed by atoms with Crippen molar-refractivity contribution in [2.75, 3.05) is 13.1 Å². The Hall–Kier alpha value is -1.49. The van der Waals surface area contributed by atoms with Crippen molar-refractivity contribution in [2.45, 2.75) is 25.3 Å². The third-order valence-electron chi connectivity index (χ3n) is 4.49. The van der Waals surface area contributed by atoms with Gasteiger partial charge >= 0.3 is 0 Å². The van der Waals surface area contributed by atoms with E-state index in [2.05, 4.69) is 0 Å². The van der Waals surface area contributed by atoms with Crippen LogP contribution < -0.4 is 5.73 Å². The SMILES string of the molecule is NC1CC[C@@H]2CN(C(=O)c3cc(F)cc(F)c3)C[C@@H]2C1. The molecule has 108 valence electrons. The summed E-state index contributed by atoms with van der Waals surface area (Å²) in [6, 6.07) is 3.19. The lowest BCUT2D eigenvalue weighted by Crippen LogP contribution is -2.32. The summed E-state index contributed by atoms with van der Waals surface area (Å²) in [5.41, 5.74) is 6.05. The third-order valence-corrected chi connectivity index (χ3v) is 4.49. The van der Waals surface area contributed by atoms with Gasteiger partial charge in [-0.2, -0.15) is 0 Å². The molecule has 0 spiro atoms. The molecule has 1 heterocycles. The van der Waals surface area contributed by atoms with E-state index in [4.69, 9.17) is 5.73 Å². The van der Waals surface area contributed by atoms with Crippen molar-refractivity contribution < 1.29 is 13.6 Å². The van der Waals surface area contributed by atoms with Gasteiger partial charge in [0.1, 0.15) is 11.6 Å². The number of benzene rings is 1. The Labute approximate surface area is 116 Å². The predicted molar refractivity (Wildman–Crippen MR) is 71.1 cm³/mol. The topological polar surface area (TPSA) is 46.3 Å². The van der Waals surface area contributed by atoms with Crippen molar-refractivity contribution >= 4 is 5.91 Å². The molecule has 1 aliphatic carbocycles. The minimum atomic E-state index is -0.716. The van der Waals surface area contributed by atoms with Gasteiger partial charge in [-0.15, -0.1) is 0 Å². The molecule has 0 radical (unpaired) electrons. The first kappa shape index (κ1) is 13.5. The summed E-state index contributed by atoms with van der Waals surface area (Å²) in [4.78, 5) is 14.0. The van der Waals surface area contributed by atoms with Gasteiger partial charge in [0, 0.05) is 30.8 Å². The van der Waals surface area contributed by atoms with E-state index in [0.717, 1.165) is 37.5 Å². The van der Waals surface area contributed by atoms with E-state index in [-0.39, 0.29) is 17.5 Å². The highest BCUT2D eigenvalue weighted by Crippen LogP contribution is 2.36. The van der Waals surface area contributed by atoms with Gasteiger partial charge in [-0.1, -0.05) is 0 Å². The minimum Gasteiger partial charge on any atom is -0.338 e. The van der Waals surface area contributed by atoms with Crippen LogP contribution in [0.15, 0.2) is 18.2 Å². The second-order valence-corrected chi connectivity index (χ2v) is 5.96. The fourth-order valence-corrected chi connectivity index (χ4v) is 3.49. The molecule has 1 amide bonds. The Morgan fingerprint density at radius 1 is 1.10 bits per heavy atom. The molecule has 1 saturated carbocycles. The lowest BCUT2D eigenvalue weighted by Gasteiger charge is -2.27. The highest BCUT2D eigenvalue weighted by molar-refractivity contribution is 5.94. The third kappa shape index (κ3) is 2.54. The lowest BCUT2D eigenvalue weighted by atomic mass is 9.79. The van der Waals surface area contributed by atoms with E-state index in [1.165, 1.54) is 0 Å². The number of likely N-dealkylation sites (tertiary alicyclic amines) is 1. The maximum atomic E-state index is 13.2. The molecule has 2 fully saturated rings. The van der Waals surface area contributed by atoms with E-state index in [1.807, 2.05) is 0 Å². The Kier molecular flexibility index (Phi) is 3.46. The second-order valence-electron chi connectivity index (χ2n) is 5.96. The van der Waals surface area contributed by atoms with Gasteiger partial charge in [0.05, 0.1) is 0 Å². The molecule has 1 aromatic rings. The van der Waals surface area contributed by atoms with Gasteiger partial charge in [0.25, 0.3) is 5.91 Å². The first-order valence-electron chi connectivity index (χ1n) is 7.04. The maximum absolute atomic E-state index is 13.2. The number of hydrogen-bond acceptors (Lipinski definition) is 2. The summed E-state index contributed by atoms with van der Waals surface area (Å²) in [6.07, 6.45) is 2.97. The molecule has 2 aliphatic rings. The number of rotatable bonds is 1. The largest absolute Gasteiger partial charge is 0.338 e. The number of fused-ring (bicyclic) bond motifs is 1. The average Bonchev–Trinajstić information content (AvgIpc) is 2.79. The predicted octanol–water partition coefficient (Wildman–Crippen LogP) is 2.16. The number of carbonyl (C=O) groups excluding carboxylic acids is 1. The molecule has 3 atom stereocenters. The number of halogens is 2. The Bertz CT molecular complexity index is 514. The molecular formula is C15H18F2N2O. The van der Waals surface area contributed by atoms with Crippen molar-refractivity contribution in [1.82, 2.24) is 4.90 Å². The van der Waals surface area contributed by atoms with E-state index in [9.17, 15) is 13.6 Å². The van der Waals surface area contributed by atoms with Crippen LogP contribution in [0.3, 0.4) is 0 Å². The first-order chi connectivity index (χ1) is 9.52. The van der Waals surface area contributed by atoms with Gasteiger partial charge in [0.2, 0.25) is 0 Å². The fourth-order valence-electron chi connectivity index (χ4n) is 3.49. The molecular weight excluding hydrogens is 262 g/mol. The van der Waals surface area contributed by atoms with Crippen molar-refractivity contribution in [2.24, 2.45) is 17.6 Å². The van der Waals surface area contributed by atoms with Gasteiger partial charge in [-0.25, -0.2) is 8.78 Å². The molecule has 0 bridgehead atoms. The van der Waals surface area contributed by atoms with Crippen LogP contribution in [0.4, 0.5) is 8.78 Å². The first-order valence-corrected chi connectivity index (χ1v) is 7.04. The summed E-state index contributed by atoms with van der Waals surface area (Å²) >= 11 is 0. The van der Waals surface area contributed by atoms with Crippen molar-refractivity contribution in [3.05, 3.63) is 35.4 Å². The van der Waals surface area contributed by atoms with Crippen LogP contribution in [0.2, 0.25) is 0 Å².